The van der Waals surface area contributed by atoms with Crippen molar-refractivity contribution in [3.05, 3.63) is 28.4 Å². The summed E-state index contributed by atoms with van der Waals surface area (Å²) in [5, 5.41) is 4.34. The Morgan fingerprint density at radius 2 is 2.08 bits per heavy atom. The van der Waals surface area contributed by atoms with Crippen LogP contribution in [0.15, 0.2) is 17.2 Å². The predicted octanol–water partition coefficient (Wildman–Crippen LogP) is 2.08. The number of fused-ring (bicyclic) bond motifs is 1. The summed E-state index contributed by atoms with van der Waals surface area (Å²) in [6, 6.07) is 1.61. The average molecular weight is 359 g/mol. The average Bonchev–Trinajstić information content (AvgIpc) is 2.63. The summed E-state index contributed by atoms with van der Waals surface area (Å²) >= 11 is 0. The highest BCUT2D eigenvalue weighted by Crippen LogP contribution is 2.24. The summed E-state index contributed by atoms with van der Waals surface area (Å²) in [5.74, 6) is 0.620. The van der Waals surface area contributed by atoms with Gasteiger partial charge >= 0.3 is 0 Å². The van der Waals surface area contributed by atoms with Crippen molar-refractivity contribution in [2.24, 2.45) is 5.92 Å². The van der Waals surface area contributed by atoms with Gasteiger partial charge in [-0.2, -0.15) is 0 Å². The molecule has 0 radical (unpaired) electrons. The van der Waals surface area contributed by atoms with E-state index in [4.69, 9.17) is 4.84 Å². The summed E-state index contributed by atoms with van der Waals surface area (Å²) in [6.45, 7) is 7.64. The third-order valence-corrected chi connectivity index (χ3v) is 5.08. The summed E-state index contributed by atoms with van der Waals surface area (Å²) in [4.78, 5) is 29.3. The van der Waals surface area contributed by atoms with Crippen molar-refractivity contribution >= 4 is 16.7 Å². The monoisotopic (exact) mass is 359 g/mol. The molecule has 1 N–H and O–H groups in total. The molecule has 0 amide bonds. The Hall–Kier alpha value is -2.15. The lowest BCUT2D eigenvalue weighted by molar-refractivity contribution is 0.108. The van der Waals surface area contributed by atoms with Crippen LogP contribution >= 0.6 is 0 Å². The van der Waals surface area contributed by atoms with Gasteiger partial charge in [0.1, 0.15) is 12.9 Å². The Labute approximate surface area is 154 Å². The topological polar surface area (TPSA) is 72.3 Å². The number of nitrogens with one attached hydrogen (secondary N) is 1. The minimum absolute atomic E-state index is 0.197. The van der Waals surface area contributed by atoms with E-state index in [9.17, 15) is 4.79 Å². The van der Waals surface area contributed by atoms with E-state index in [0.717, 1.165) is 49.2 Å². The summed E-state index contributed by atoms with van der Waals surface area (Å²) in [7, 11) is 2.16. The summed E-state index contributed by atoms with van der Waals surface area (Å²) < 4.78 is 1.31. The van der Waals surface area contributed by atoms with Gasteiger partial charge in [-0.25, -0.2) is 9.97 Å². The summed E-state index contributed by atoms with van der Waals surface area (Å²) in [5.41, 5.74) is 1.98. The molecular weight excluding hydrogens is 330 g/mol. The second-order valence-electron chi connectivity index (χ2n) is 7.16. The fourth-order valence-electron chi connectivity index (χ4n) is 3.37. The first-order valence-electron chi connectivity index (χ1n) is 9.53. The van der Waals surface area contributed by atoms with E-state index in [1.54, 1.807) is 6.07 Å². The number of likely N-dealkylation sites (tertiary alicyclic amines) is 1. The van der Waals surface area contributed by atoms with E-state index in [2.05, 4.69) is 34.2 Å². The molecule has 0 spiro atoms. The molecule has 3 heterocycles. The minimum Gasteiger partial charge on any atom is -0.409 e. The van der Waals surface area contributed by atoms with Crippen LogP contribution in [-0.4, -0.2) is 52.9 Å². The van der Waals surface area contributed by atoms with E-state index in [-0.39, 0.29) is 5.56 Å². The quantitative estimate of drug-likeness (QED) is 0.763. The highest BCUT2D eigenvalue weighted by molar-refractivity contribution is 5.90. The maximum Gasteiger partial charge on any atom is 0.287 e. The molecule has 0 atom stereocenters. The van der Waals surface area contributed by atoms with Crippen molar-refractivity contribution in [1.82, 2.24) is 19.6 Å². The number of pyridine rings is 1. The molecule has 1 aliphatic rings. The Kier molecular flexibility index (Phi) is 6.08. The largest absolute Gasteiger partial charge is 0.409 e. The second-order valence-corrected chi connectivity index (χ2v) is 7.16. The Morgan fingerprint density at radius 1 is 1.31 bits per heavy atom. The molecule has 0 unspecified atom stereocenters. The van der Waals surface area contributed by atoms with Crippen LogP contribution in [0.2, 0.25) is 0 Å². The van der Waals surface area contributed by atoms with E-state index in [1.807, 2.05) is 6.92 Å². The first kappa shape index (κ1) is 18.6. The Morgan fingerprint density at radius 3 is 2.81 bits per heavy atom. The molecule has 2 aromatic rings. The third-order valence-electron chi connectivity index (χ3n) is 5.08. The number of aromatic nitrogens is 3. The smallest absolute Gasteiger partial charge is 0.287 e. The molecule has 26 heavy (non-hydrogen) atoms. The predicted molar refractivity (Wildman–Crippen MR) is 104 cm³/mol. The zero-order chi connectivity index (χ0) is 18.5. The van der Waals surface area contributed by atoms with Crippen molar-refractivity contribution in [3.63, 3.8) is 0 Å². The molecule has 1 aliphatic heterocycles. The molecular formula is C19H29N5O2. The maximum atomic E-state index is 12.6. The number of aryl methyl sites for hydroxylation is 1. The fourth-order valence-corrected chi connectivity index (χ4v) is 3.37. The van der Waals surface area contributed by atoms with Crippen molar-refractivity contribution in [2.75, 3.05) is 38.6 Å². The molecule has 1 fully saturated rings. The van der Waals surface area contributed by atoms with Crippen molar-refractivity contribution in [1.29, 1.82) is 0 Å². The van der Waals surface area contributed by atoms with Crippen molar-refractivity contribution < 1.29 is 4.84 Å². The van der Waals surface area contributed by atoms with E-state index < -0.39 is 0 Å². The van der Waals surface area contributed by atoms with E-state index in [1.165, 1.54) is 23.9 Å². The van der Waals surface area contributed by atoms with Gasteiger partial charge in [0.2, 0.25) is 0 Å². The lowest BCUT2D eigenvalue weighted by atomic mass is 9.97. The number of hydrogen-bond donors (Lipinski definition) is 1. The zero-order valence-corrected chi connectivity index (χ0v) is 16.0. The normalized spacial score (nSPS) is 16.1. The van der Waals surface area contributed by atoms with Gasteiger partial charge in [-0.3, -0.25) is 4.79 Å². The highest BCUT2D eigenvalue weighted by atomic mass is 16.7. The van der Waals surface area contributed by atoms with Crippen LogP contribution in [0, 0.1) is 12.8 Å². The first-order chi connectivity index (χ1) is 12.6. The molecule has 2 aromatic heterocycles. The number of piperidine rings is 1. The van der Waals surface area contributed by atoms with Crippen LogP contribution in [-0.2, 0) is 0 Å². The minimum atomic E-state index is -0.197. The van der Waals surface area contributed by atoms with Crippen LogP contribution in [0.4, 0.5) is 5.69 Å². The second kappa shape index (κ2) is 8.49. The van der Waals surface area contributed by atoms with Gasteiger partial charge in [0.25, 0.3) is 5.56 Å². The van der Waals surface area contributed by atoms with Gasteiger partial charge < -0.3 is 15.1 Å². The van der Waals surface area contributed by atoms with Gasteiger partial charge in [-0.15, -0.1) is 4.73 Å². The molecule has 1 saturated heterocycles. The number of hydrogen-bond acceptors (Lipinski definition) is 6. The molecule has 142 valence electrons. The third kappa shape index (κ3) is 4.15. The van der Waals surface area contributed by atoms with Crippen LogP contribution in [0.3, 0.4) is 0 Å². The lowest BCUT2D eigenvalue weighted by Crippen LogP contribution is -2.33. The number of rotatable bonds is 7. The Balaban J connectivity index is 1.86. The number of anilines is 1. The van der Waals surface area contributed by atoms with Gasteiger partial charge in [0.15, 0.2) is 5.65 Å². The Bertz CT molecular complexity index is 796. The highest BCUT2D eigenvalue weighted by Gasteiger charge is 2.18. The van der Waals surface area contributed by atoms with E-state index in [0.29, 0.717) is 18.2 Å². The standard InChI is InChI=1S/C19H29N5O2/c1-4-5-10-26-24-17(25)11-16(18-14(2)21-13-22-19(18)24)20-12-15-6-8-23(3)9-7-15/h11,13,15,20H,4-10,12H2,1-3H3. The van der Waals surface area contributed by atoms with Crippen molar-refractivity contribution in [3.8, 4) is 0 Å². The molecule has 3 rings (SSSR count). The van der Waals surface area contributed by atoms with Gasteiger partial charge in [-0.05, 0) is 52.2 Å². The van der Waals surface area contributed by atoms with Crippen LogP contribution in [0.25, 0.3) is 11.0 Å². The van der Waals surface area contributed by atoms with Gasteiger partial charge in [0.05, 0.1) is 16.8 Å². The van der Waals surface area contributed by atoms with Gasteiger partial charge in [-0.1, -0.05) is 13.3 Å². The number of unbranched alkanes of at least 4 members (excludes halogenated alkanes) is 1. The van der Waals surface area contributed by atoms with Crippen LogP contribution in [0.1, 0.15) is 38.3 Å². The van der Waals surface area contributed by atoms with Gasteiger partial charge in [0, 0.05) is 12.6 Å². The zero-order valence-electron chi connectivity index (χ0n) is 16.0. The molecule has 0 bridgehead atoms. The lowest BCUT2D eigenvalue weighted by Gasteiger charge is -2.29. The molecule has 7 heteroatoms. The SMILES string of the molecule is CCCCOn1c(=O)cc(NCC2CCN(C)CC2)c2c(C)ncnc21. The van der Waals surface area contributed by atoms with Crippen molar-refractivity contribution in [2.45, 2.75) is 39.5 Å². The molecule has 0 saturated carbocycles. The first-order valence-corrected chi connectivity index (χ1v) is 9.53. The molecule has 0 aromatic carbocycles. The number of nitrogens with zero attached hydrogens (tertiary/aromatic N) is 4. The summed E-state index contributed by atoms with van der Waals surface area (Å²) in [6.07, 6.45) is 5.74. The molecule has 0 aliphatic carbocycles. The maximum absolute atomic E-state index is 12.6. The fraction of sp³-hybridized carbons (Fsp3) is 0.632. The van der Waals surface area contributed by atoms with Crippen LogP contribution < -0.4 is 15.7 Å². The molecule has 7 nitrogen and oxygen atoms in total. The van der Waals surface area contributed by atoms with Crippen LogP contribution in [0.5, 0.6) is 0 Å². The van der Waals surface area contributed by atoms with E-state index >= 15 is 0 Å².